The number of carbonyl (C=O) groups is 1. The molecule has 1 aromatic carbocycles. The number of para-hydroxylation sites is 1. The normalized spacial score (nSPS) is 10.4. The van der Waals surface area contributed by atoms with E-state index >= 15 is 0 Å². The third kappa shape index (κ3) is 4.37. The molecule has 0 aliphatic heterocycles. The zero-order valence-electron chi connectivity index (χ0n) is 10.5. The summed E-state index contributed by atoms with van der Waals surface area (Å²) in [5, 5.41) is 4.27. The largest absolute Gasteiger partial charge is 0.482 e. The second kappa shape index (κ2) is 7.25. The van der Waals surface area contributed by atoms with Crippen molar-refractivity contribution in [3.8, 4) is 5.75 Å². The molecule has 2 rings (SSSR count). The Kier molecular flexibility index (Phi) is 5.08. The first-order valence-electron chi connectivity index (χ1n) is 5.85. The topological polar surface area (TPSA) is 63.6 Å². The van der Waals surface area contributed by atoms with Gasteiger partial charge in [0.25, 0.3) is 5.91 Å². The monoisotopic (exact) mass is 289 g/mol. The second-order valence-corrected chi connectivity index (χ2v) is 4.20. The van der Waals surface area contributed by atoms with Crippen LogP contribution in [0.2, 0.25) is 5.02 Å². The minimum absolute atomic E-state index is 0.155. The van der Waals surface area contributed by atoms with Crippen molar-refractivity contribution in [3.05, 3.63) is 59.4 Å². The van der Waals surface area contributed by atoms with Gasteiger partial charge in [0.1, 0.15) is 5.75 Å². The molecule has 1 N–H and O–H groups in total. The number of pyridine rings is 1. The molecular formula is C14H12ClN3O2. The van der Waals surface area contributed by atoms with Crippen molar-refractivity contribution < 1.29 is 9.53 Å². The number of amides is 1. The molecule has 5 nitrogen and oxygen atoms in total. The van der Waals surface area contributed by atoms with Crippen LogP contribution in [0.25, 0.3) is 0 Å². The summed E-state index contributed by atoms with van der Waals surface area (Å²) < 4.78 is 5.27. The molecule has 0 aliphatic carbocycles. The molecule has 1 heterocycles. The fourth-order valence-electron chi connectivity index (χ4n) is 1.37. The van der Waals surface area contributed by atoms with Gasteiger partial charge in [0, 0.05) is 12.4 Å². The number of hydrogen-bond donors (Lipinski definition) is 1. The van der Waals surface area contributed by atoms with Gasteiger partial charge in [-0.25, -0.2) is 5.43 Å². The molecular weight excluding hydrogens is 278 g/mol. The maximum Gasteiger partial charge on any atom is 0.277 e. The van der Waals surface area contributed by atoms with Gasteiger partial charge in [-0.2, -0.15) is 5.10 Å². The number of hydrazone groups is 1. The minimum Gasteiger partial charge on any atom is -0.482 e. The molecule has 0 saturated heterocycles. The van der Waals surface area contributed by atoms with Crippen molar-refractivity contribution >= 4 is 23.7 Å². The predicted molar refractivity (Wildman–Crippen MR) is 76.9 cm³/mol. The van der Waals surface area contributed by atoms with E-state index in [-0.39, 0.29) is 12.5 Å². The van der Waals surface area contributed by atoms with Gasteiger partial charge < -0.3 is 4.74 Å². The number of rotatable bonds is 5. The molecule has 0 aliphatic rings. The molecule has 102 valence electrons. The number of ether oxygens (including phenoxy) is 1. The lowest BCUT2D eigenvalue weighted by Gasteiger charge is -2.06. The average molecular weight is 290 g/mol. The molecule has 0 unspecified atom stereocenters. The van der Waals surface area contributed by atoms with E-state index < -0.39 is 0 Å². The highest BCUT2D eigenvalue weighted by molar-refractivity contribution is 6.32. The number of carbonyl (C=O) groups excluding carboxylic acids is 1. The van der Waals surface area contributed by atoms with Gasteiger partial charge >= 0.3 is 0 Å². The van der Waals surface area contributed by atoms with Gasteiger partial charge in [-0.3, -0.25) is 9.78 Å². The van der Waals surface area contributed by atoms with E-state index in [0.29, 0.717) is 10.8 Å². The van der Waals surface area contributed by atoms with E-state index in [1.807, 2.05) is 0 Å². The van der Waals surface area contributed by atoms with E-state index in [1.165, 1.54) is 6.21 Å². The van der Waals surface area contributed by atoms with E-state index in [1.54, 1.807) is 48.8 Å². The van der Waals surface area contributed by atoms with Crippen LogP contribution in [-0.2, 0) is 4.79 Å². The molecule has 0 fully saturated rings. The average Bonchev–Trinajstić information content (AvgIpc) is 2.47. The van der Waals surface area contributed by atoms with Crippen LogP contribution in [0.3, 0.4) is 0 Å². The smallest absolute Gasteiger partial charge is 0.277 e. The lowest BCUT2D eigenvalue weighted by atomic mass is 10.3. The number of nitrogens with one attached hydrogen (secondary N) is 1. The van der Waals surface area contributed by atoms with Crippen LogP contribution >= 0.6 is 11.6 Å². The second-order valence-electron chi connectivity index (χ2n) is 3.79. The van der Waals surface area contributed by atoms with Crippen molar-refractivity contribution in [2.75, 3.05) is 6.61 Å². The van der Waals surface area contributed by atoms with Crippen molar-refractivity contribution in [2.45, 2.75) is 0 Å². The highest BCUT2D eigenvalue weighted by atomic mass is 35.5. The molecule has 0 saturated carbocycles. The lowest BCUT2D eigenvalue weighted by molar-refractivity contribution is -0.123. The Hall–Kier alpha value is -2.40. The Morgan fingerprint density at radius 3 is 2.80 bits per heavy atom. The van der Waals surface area contributed by atoms with Crippen molar-refractivity contribution in [3.63, 3.8) is 0 Å². The zero-order valence-corrected chi connectivity index (χ0v) is 11.2. The van der Waals surface area contributed by atoms with E-state index in [9.17, 15) is 4.79 Å². The number of benzene rings is 1. The summed E-state index contributed by atoms with van der Waals surface area (Å²) >= 11 is 5.90. The van der Waals surface area contributed by atoms with Gasteiger partial charge in [-0.1, -0.05) is 23.7 Å². The van der Waals surface area contributed by atoms with Crippen LogP contribution in [0.1, 0.15) is 5.56 Å². The summed E-state index contributed by atoms with van der Waals surface area (Å²) in [7, 11) is 0. The Labute approximate surface area is 121 Å². The first-order chi connectivity index (χ1) is 9.75. The summed E-state index contributed by atoms with van der Waals surface area (Å²) in [5.41, 5.74) is 3.20. The number of nitrogens with zero attached hydrogens (tertiary/aromatic N) is 2. The maximum absolute atomic E-state index is 11.5. The summed E-state index contributed by atoms with van der Waals surface area (Å²) in [6.07, 6.45) is 4.81. The highest BCUT2D eigenvalue weighted by Crippen LogP contribution is 2.22. The predicted octanol–water partition coefficient (Wildman–Crippen LogP) is 2.26. The summed E-state index contributed by atoms with van der Waals surface area (Å²) in [6, 6.07) is 10.5. The summed E-state index contributed by atoms with van der Waals surface area (Å²) in [4.78, 5) is 15.4. The maximum atomic E-state index is 11.5. The van der Waals surface area contributed by atoms with Gasteiger partial charge in [0.05, 0.1) is 11.2 Å². The fraction of sp³-hybridized carbons (Fsp3) is 0.0714. The van der Waals surface area contributed by atoms with Crippen LogP contribution in [0.15, 0.2) is 53.9 Å². The Morgan fingerprint density at radius 2 is 2.05 bits per heavy atom. The van der Waals surface area contributed by atoms with Crippen molar-refractivity contribution in [2.24, 2.45) is 5.10 Å². The Balaban J connectivity index is 1.79. The molecule has 0 radical (unpaired) electrons. The minimum atomic E-state index is -0.366. The summed E-state index contributed by atoms with van der Waals surface area (Å²) in [5.74, 6) is 0.0951. The fourth-order valence-corrected chi connectivity index (χ4v) is 1.56. The molecule has 2 aromatic rings. The van der Waals surface area contributed by atoms with Crippen LogP contribution in [-0.4, -0.2) is 23.7 Å². The SMILES string of the molecule is O=C(COc1ccccc1Cl)N/N=C\c1ccncc1. The molecule has 0 atom stereocenters. The van der Waals surface area contributed by atoms with E-state index in [0.717, 1.165) is 5.56 Å². The molecule has 0 spiro atoms. The third-order valence-electron chi connectivity index (χ3n) is 2.30. The molecule has 20 heavy (non-hydrogen) atoms. The quantitative estimate of drug-likeness (QED) is 0.678. The Bertz CT molecular complexity index is 602. The first kappa shape index (κ1) is 14.0. The molecule has 1 aromatic heterocycles. The van der Waals surface area contributed by atoms with Gasteiger partial charge in [0.2, 0.25) is 0 Å². The molecule has 1 amide bonds. The van der Waals surface area contributed by atoms with Gasteiger partial charge in [-0.05, 0) is 29.8 Å². The van der Waals surface area contributed by atoms with Crippen LogP contribution in [0.4, 0.5) is 0 Å². The number of aromatic nitrogens is 1. The van der Waals surface area contributed by atoms with Crippen LogP contribution in [0.5, 0.6) is 5.75 Å². The van der Waals surface area contributed by atoms with E-state index in [4.69, 9.17) is 16.3 Å². The third-order valence-corrected chi connectivity index (χ3v) is 2.62. The lowest BCUT2D eigenvalue weighted by Crippen LogP contribution is -2.24. The highest BCUT2D eigenvalue weighted by Gasteiger charge is 2.03. The van der Waals surface area contributed by atoms with Crippen molar-refractivity contribution in [1.29, 1.82) is 0 Å². The zero-order chi connectivity index (χ0) is 14.2. The van der Waals surface area contributed by atoms with E-state index in [2.05, 4.69) is 15.5 Å². The molecule has 6 heteroatoms. The molecule has 0 bridgehead atoms. The van der Waals surface area contributed by atoms with Crippen LogP contribution < -0.4 is 10.2 Å². The Morgan fingerprint density at radius 1 is 1.30 bits per heavy atom. The number of hydrogen-bond acceptors (Lipinski definition) is 4. The van der Waals surface area contributed by atoms with Gasteiger partial charge in [-0.15, -0.1) is 0 Å². The first-order valence-corrected chi connectivity index (χ1v) is 6.23. The summed E-state index contributed by atoms with van der Waals surface area (Å²) in [6.45, 7) is -0.155. The van der Waals surface area contributed by atoms with Gasteiger partial charge in [0.15, 0.2) is 6.61 Å². The number of halogens is 1. The standard InChI is InChI=1S/C14H12ClN3O2/c15-12-3-1-2-4-13(12)20-10-14(19)18-17-9-11-5-7-16-8-6-11/h1-9H,10H2,(H,18,19)/b17-9-. The van der Waals surface area contributed by atoms with Crippen LogP contribution in [0, 0.1) is 0 Å². The van der Waals surface area contributed by atoms with Crippen molar-refractivity contribution in [1.82, 2.24) is 10.4 Å².